The van der Waals surface area contributed by atoms with Crippen molar-refractivity contribution in [3.63, 3.8) is 0 Å². The fourth-order valence-electron chi connectivity index (χ4n) is 1.94. The van der Waals surface area contributed by atoms with Crippen molar-refractivity contribution >= 4 is 5.91 Å². The lowest BCUT2D eigenvalue weighted by Gasteiger charge is -2.28. The van der Waals surface area contributed by atoms with Gasteiger partial charge in [-0.25, -0.2) is 0 Å². The second kappa shape index (κ2) is 5.36. The molecule has 106 valence electrons. The van der Waals surface area contributed by atoms with E-state index < -0.39 is 24.2 Å². The summed E-state index contributed by atoms with van der Waals surface area (Å²) in [4.78, 5) is 12.1. The summed E-state index contributed by atoms with van der Waals surface area (Å²) in [7, 11) is 0. The zero-order valence-electron chi connectivity index (χ0n) is 9.44. The lowest BCUT2D eigenvalue weighted by molar-refractivity contribution is -0.277. The van der Waals surface area contributed by atoms with E-state index in [9.17, 15) is 31.1 Å². The molecule has 1 aliphatic rings. The van der Waals surface area contributed by atoms with Crippen LogP contribution >= 0.6 is 0 Å². The molecule has 0 radical (unpaired) electrons. The number of likely N-dealkylation sites (tertiary alicyclic amines) is 1. The quantitative estimate of drug-likeness (QED) is 0.674. The third kappa shape index (κ3) is 3.78. The molecule has 1 amide bonds. The van der Waals surface area contributed by atoms with E-state index in [1.807, 2.05) is 0 Å². The van der Waals surface area contributed by atoms with Crippen LogP contribution in [0.4, 0.5) is 26.3 Å². The molecule has 0 N–H and O–H groups in total. The van der Waals surface area contributed by atoms with Crippen molar-refractivity contribution in [3.05, 3.63) is 0 Å². The van der Waals surface area contributed by atoms with Gasteiger partial charge in [-0.15, -0.1) is 0 Å². The molecule has 8 heteroatoms. The van der Waals surface area contributed by atoms with Crippen molar-refractivity contribution in [1.29, 1.82) is 0 Å². The number of amides is 1. The Morgan fingerprint density at radius 1 is 0.833 bits per heavy atom. The molecule has 18 heavy (non-hydrogen) atoms. The summed E-state index contributed by atoms with van der Waals surface area (Å²) >= 11 is 0. The maximum absolute atomic E-state index is 12.4. The van der Waals surface area contributed by atoms with Crippen LogP contribution in [-0.4, -0.2) is 36.2 Å². The lowest BCUT2D eigenvalue weighted by Crippen LogP contribution is -2.49. The number of hydrogen-bond acceptors (Lipinski definition) is 1. The zero-order valence-corrected chi connectivity index (χ0v) is 9.44. The van der Waals surface area contributed by atoms with Gasteiger partial charge in [0.1, 0.15) is 0 Å². The van der Waals surface area contributed by atoms with Crippen LogP contribution in [0, 0.1) is 5.92 Å². The van der Waals surface area contributed by atoms with Crippen LogP contribution in [-0.2, 0) is 4.79 Å². The molecule has 1 aliphatic heterocycles. The Bertz CT molecular complexity index is 276. The number of hydrogen-bond donors (Lipinski definition) is 0. The highest BCUT2D eigenvalue weighted by Gasteiger charge is 2.61. The molecule has 0 aromatic heterocycles. The third-order valence-electron chi connectivity index (χ3n) is 2.82. The number of alkyl halides is 6. The number of carbonyl (C=O) groups is 1. The predicted octanol–water partition coefficient (Wildman–Crippen LogP) is 3.13. The van der Waals surface area contributed by atoms with Gasteiger partial charge < -0.3 is 4.90 Å². The summed E-state index contributed by atoms with van der Waals surface area (Å²) in [5, 5.41) is 0. The molecule has 0 saturated carbocycles. The Hall–Kier alpha value is -0.950. The largest absolute Gasteiger partial charge is 0.409 e. The van der Waals surface area contributed by atoms with Crippen LogP contribution in [0.15, 0.2) is 0 Å². The molecule has 0 aromatic carbocycles. The average molecular weight is 277 g/mol. The summed E-state index contributed by atoms with van der Waals surface area (Å²) in [6, 6.07) is 0. The molecule has 2 nitrogen and oxygen atoms in total. The third-order valence-corrected chi connectivity index (χ3v) is 2.82. The molecule has 0 spiro atoms. The summed E-state index contributed by atoms with van der Waals surface area (Å²) in [6.07, 6.45) is -8.88. The van der Waals surface area contributed by atoms with Gasteiger partial charge in [0, 0.05) is 13.1 Å². The molecular formula is C10H13F6NO. The van der Waals surface area contributed by atoms with Crippen LogP contribution in [0.25, 0.3) is 0 Å². The van der Waals surface area contributed by atoms with Crippen molar-refractivity contribution in [3.8, 4) is 0 Å². The van der Waals surface area contributed by atoms with Crippen LogP contribution in [0.2, 0.25) is 0 Å². The molecule has 0 unspecified atom stereocenters. The summed E-state index contributed by atoms with van der Waals surface area (Å²) in [5.74, 6) is -5.78. The Morgan fingerprint density at radius 2 is 1.22 bits per heavy atom. The molecule has 1 saturated heterocycles. The van der Waals surface area contributed by atoms with Crippen LogP contribution in [0.3, 0.4) is 0 Å². The number of nitrogens with zero attached hydrogens (tertiary/aromatic N) is 1. The first-order chi connectivity index (χ1) is 8.14. The van der Waals surface area contributed by atoms with Gasteiger partial charge in [0.25, 0.3) is 0 Å². The van der Waals surface area contributed by atoms with E-state index in [1.165, 1.54) is 0 Å². The molecule has 1 heterocycles. The van der Waals surface area contributed by atoms with E-state index in [-0.39, 0.29) is 13.1 Å². The first kappa shape index (κ1) is 15.1. The smallest absolute Gasteiger partial charge is 0.342 e. The van der Waals surface area contributed by atoms with E-state index in [0.29, 0.717) is 30.6 Å². The SMILES string of the molecule is O=C(C(C(F)(F)F)C(F)(F)F)N1CCCCCC1. The average Bonchev–Trinajstić information content (AvgIpc) is 2.40. The summed E-state index contributed by atoms with van der Waals surface area (Å²) < 4.78 is 74.1. The Balaban J connectivity index is 2.88. The monoisotopic (exact) mass is 277 g/mol. The Kier molecular flexibility index (Phi) is 4.50. The van der Waals surface area contributed by atoms with E-state index in [2.05, 4.69) is 0 Å². The second-order valence-corrected chi connectivity index (χ2v) is 4.26. The maximum Gasteiger partial charge on any atom is 0.409 e. The number of rotatable bonds is 1. The van der Waals surface area contributed by atoms with Gasteiger partial charge in [-0.2, -0.15) is 26.3 Å². The van der Waals surface area contributed by atoms with Crippen LogP contribution in [0.5, 0.6) is 0 Å². The topological polar surface area (TPSA) is 20.3 Å². The van der Waals surface area contributed by atoms with E-state index >= 15 is 0 Å². The molecule has 0 aromatic rings. The Labute approximate surface area is 99.9 Å². The minimum atomic E-state index is -5.60. The van der Waals surface area contributed by atoms with Crippen molar-refractivity contribution in [2.75, 3.05) is 13.1 Å². The van der Waals surface area contributed by atoms with E-state index in [4.69, 9.17) is 0 Å². The molecule has 0 aliphatic carbocycles. The van der Waals surface area contributed by atoms with Gasteiger partial charge in [0.15, 0.2) is 0 Å². The van der Waals surface area contributed by atoms with Gasteiger partial charge in [-0.1, -0.05) is 12.8 Å². The van der Waals surface area contributed by atoms with Gasteiger partial charge in [-0.05, 0) is 12.8 Å². The van der Waals surface area contributed by atoms with Crippen LogP contribution < -0.4 is 0 Å². The minimum absolute atomic E-state index is 0.0402. The molecule has 0 bridgehead atoms. The first-order valence-corrected chi connectivity index (χ1v) is 5.56. The first-order valence-electron chi connectivity index (χ1n) is 5.56. The van der Waals surface area contributed by atoms with Gasteiger partial charge >= 0.3 is 12.4 Å². The van der Waals surface area contributed by atoms with Crippen molar-refractivity contribution < 1.29 is 31.1 Å². The Morgan fingerprint density at radius 3 is 1.56 bits per heavy atom. The van der Waals surface area contributed by atoms with Gasteiger partial charge in [-0.3, -0.25) is 4.79 Å². The second-order valence-electron chi connectivity index (χ2n) is 4.26. The molecule has 1 fully saturated rings. The highest BCUT2D eigenvalue weighted by atomic mass is 19.4. The lowest BCUT2D eigenvalue weighted by atomic mass is 10.1. The molecule has 0 atom stereocenters. The standard InChI is InChI=1S/C10H13F6NO/c11-9(12,13)7(10(14,15)16)8(18)17-5-3-1-2-4-6-17/h7H,1-6H2. The maximum atomic E-state index is 12.4. The van der Waals surface area contributed by atoms with E-state index in [1.54, 1.807) is 0 Å². The highest BCUT2D eigenvalue weighted by molar-refractivity contribution is 5.80. The molecular weight excluding hydrogens is 264 g/mol. The van der Waals surface area contributed by atoms with Crippen molar-refractivity contribution in [1.82, 2.24) is 4.90 Å². The summed E-state index contributed by atoms with van der Waals surface area (Å²) in [6.45, 7) is -0.0804. The van der Waals surface area contributed by atoms with E-state index in [0.717, 1.165) is 0 Å². The van der Waals surface area contributed by atoms with Crippen molar-refractivity contribution in [2.24, 2.45) is 5.92 Å². The van der Waals surface area contributed by atoms with Gasteiger partial charge in [0.05, 0.1) is 0 Å². The fraction of sp³-hybridized carbons (Fsp3) is 0.900. The highest BCUT2D eigenvalue weighted by Crippen LogP contribution is 2.40. The van der Waals surface area contributed by atoms with Crippen LogP contribution in [0.1, 0.15) is 25.7 Å². The van der Waals surface area contributed by atoms with Gasteiger partial charge in [0.2, 0.25) is 11.8 Å². The fourth-order valence-corrected chi connectivity index (χ4v) is 1.94. The number of halogens is 6. The van der Waals surface area contributed by atoms with Crippen molar-refractivity contribution in [2.45, 2.75) is 38.0 Å². The normalized spacial score (nSPS) is 18.9. The minimum Gasteiger partial charge on any atom is -0.342 e. The summed E-state index contributed by atoms with van der Waals surface area (Å²) in [5.41, 5.74) is 0. The zero-order chi connectivity index (χ0) is 14.0. The number of carbonyl (C=O) groups excluding carboxylic acids is 1. The predicted molar refractivity (Wildman–Crippen MR) is 50.6 cm³/mol. The molecule has 1 rings (SSSR count).